The molecule has 7 heteroatoms. The summed E-state index contributed by atoms with van der Waals surface area (Å²) < 4.78 is 27.8. The number of nitrogens with one attached hydrogen (secondary N) is 1. The van der Waals surface area contributed by atoms with Crippen LogP contribution >= 0.6 is 0 Å². The highest BCUT2D eigenvalue weighted by molar-refractivity contribution is 7.89. The molecule has 0 radical (unpaired) electrons. The highest BCUT2D eigenvalue weighted by Gasteiger charge is 2.24. The minimum Gasteiger partial charge on any atom is -0.312 e. The lowest BCUT2D eigenvalue weighted by Gasteiger charge is -2.30. The molecule has 0 aliphatic carbocycles. The molecule has 2 heterocycles. The maximum Gasteiger partial charge on any atom is 0.240 e. The van der Waals surface area contributed by atoms with Crippen LogP contribution in [0.4, 0.5) is 5.69 Å². The van der Waals surface area contributed by atoms with Gasteiger partial charge in [0.05, 0.1) is 4.90 Å². The molecule has 3 rings (SSSR count). The Balaban J connectivity index is 1.54. The van der Waals surface area contributed by atoms with Gasteiger partial charge in [0, 0.05) is 32.2 Å². The van der Waals surface area contributed by atoms with Crippen molar-refractivity contribution in [1.29, 1.82) is 0 Å². The Bertz CT molecular complexity index is 763. The molecule has 1 aromatic rings. The Hall–Kier alpha value is -1.44. The summed E-state index contributed by atoms with van der Waals surface area (Å²) in [5.74, 6) is 0.728. The highest BCUT2D eigenvalue weighted by atomic mass is 32.2. The van der Waals surface area contributed by atoms with Gasteiger partial charge in [-0.05, 0) is 68.5 Å². The summed E-state index contributed by atoms with van der Waals surface area (Å²) in [4.78, 5) is 16.0. The Labute approximate surface area is 156 Å². The van der Waals surface area contributed by atoms with E-state index in [9.17, 15) is 13.2 Å². The Kier molecular flexibility index (Phi) is 5.99. The second-order valence-corrected chi connectivity index (χ2v) is 9.28. The van der Waals surface area contributed by atoms with Crippen LogP contribution in [0.15, 0.2) is 23.1 Å². The molecule has 1 amide bonds. The van der Waals surface area contributed by atoms with Gasteiger partial charge in [-0.2, -0.15) is 0 Å². The van der Waals surface area contributed by atoms with Crippen LogP contribution in [0.3, 0.4) is 0 Å². The zero-order chi connectivity index (χ0) is 18.7. The van der Waals surface area contributed by atoms with E-state index >= 15 is 0 Å². The maximum absolute atomic E-state index is 12.5. The van der Waals surface area contributed by atoms with Crippen molar-refractivity contribution in [2.45, 2.75) is 44.4 Å². The van der Waals surface area contributed by atoms with Gasteiger partial charge < -0.3 is 9.80 Å². The largest absolute Gasteiger partial charge is 0.312 e. The highest BCUT2D eigenvalue weighted by Crippen LogP contribution is 2.30. The van der Waals surface area contributed by atoms with Gasteiger partial charge in [0.1, 0.15) is 0 Å². The molecule has 2 aliphatic heterocycles. The van der Waals surface area contributed by atoms with Gasteiger partial charge in [0.15, 0.2) is 0 Å². The molecule has 26 heavy (non-hydrogen) atoms. The van der Waals surface area contributed by atoms with Crippen molar-refractivity contribution in [2.24, 2.45) is 5.92 Å². The van der Waals surface area contributed by atoms with E-state index in [0.717, 1.165) is 43.2 Å². The van der Waals surface area contributed by atoms with Crippen molar-refractivity contribution in [1.82, 2.24) is 9.62 Å². The second-order valence-electron chi connectivity index (χ2n) is 7.51. The Morgan fingerprint density at radius 2 is 2.12 bits per heavy atom. The molecule has 0 unspecified atom stereocenters. The van der Waals surface area contributed by atoms with Crippen LogP contribution in [0.2, 0.25) is 0 Å². The number of nitrogens with zero attached hydrogens (tertiary/aromatic N) is 2. The van der Waals surface area contributed by atoms with Gasteiger partial charge in [0.25, 0.3) is 0 Å². The molecular formula is C19H29N3O3S. The number of sulfonamides is 1. The van der Waals surface area contributed by atoms with Gasteiger partial charge in [0.2, 0.25) is 15.9 Å². The normalized spacial score (nSPS) is 21.0. The lowest BCUT2D eigenvalue weighted by molar-refractivity contribution is -0.116. The van der Waals surface area contributed by atoms with Gasteiger partial charge in [-0.1, -0.05) is 6.92 Å². The third-order valence-electron chi connectivity index (χ3n) is 5.32. The van der Waals surface area contributed by atoms with E-state index < -0.39 is 10.0 Å². The summed E-state index contributed by atoms with van der Waals surface area (Å²) in [7, 11) is -3.51. The van der Waals surface area contributed by atoms with Crippen LogP contribution in [0, 0.1) is 5.92 Å². The molecule has 144 valence electrons. The number of rotatable bonds is 6. The predicted octanol–water partition coefficient (Wildman–Crippen LogP) is 2.00. The third-order valence-corrected chi connectivity index (χ3v) is 6.78. The fourth-order valence-electron chi connectivity index (χ4n) is 3.95. The van der Waals surface area contributed by atoms with E-state index in [0.29, 0.717) is 19.5 Å². The molecule has 0 spiro atoms. The van der Waals surface area contributed by atoms with Gasteiger partial charge in [-0.25, -0.2) is 13.1 Å². The van der Waals surface area contributed by atoms with Crippen LogP contribution in [-0.4, -0.2) is 51.9 Å². The number of benzene rings is 1. The smallest absolute Gasteiger partial charge is 0.240 e. The molecule has 1 atom stereocenters. The molecule has 1 aromatic carbocycles. The third kappa shape index (κ3) is 4.45. The fraction of sp³-hybridized carbons (Fsp3) is 0.632. The van der Waals surface area contributed by atoms with Crippen molar-refractivity contribution < 1.29 is 13.2 Å². The Morgan fingerprint density at radius 1 is 1.31 bits per heavy atom. The molecule has 2 aliphatic rings. The van der Waals surface area contributed by atoms with Crippen molar-refractivity contribution in [3.8, 4) is 0 Å². The van der Waals surface area contributed by atoms with Crippen LogP contribution in [-0.2, 0) is 21.2 Å². The number of anilines is 1. The minimum atomic E-state index is -3.51. The van der Waals surface area contributed by atoms with E-state index in [1.807, 2.05) is 0 Å². The number of likely N-dealkylation sites (tertiary alicyclic amines) is 1. The minimum absolute atomic E-state index is 0.00971. The predicted molar refractivity (Wildman–Crippen MR) is 103 cm³/mol. The first kappa shape index (κ1) is 19.3. The lowest BCUT2D eigenvalue weighted by Crippen LogP contribution is -2.36. The summed E-state index contributed by atoms with van der Waals surface area (Å²) >= 11 is 0. The monoisotopic (exact) mass is 379 g/mol. The quantitative estimate of drug-likeness (QED) is 0.768. The number of carbonyl (C=O) groups excluding carboxylic acids is 1. The van der Waals surface area contributed by atoms with E-state index in [1.54, 1.807) is 23.1 Å². The molecule has 0 aromatic heterocycles. The van der Waals surface area contributed by atoms with Crippen LogP contribution in [0.5, 0.6) is 0 Å². The van der Waals surface area contributed by atoms with Crippen molar-refractivity contribution >= 4 is 21.6 Å². The zero-order valence-corrected chi connectivity index (χ0v) is 16.5. The Morgan fingerprint density at radius 3 is 2.85 bits per heavy atom. The van der Waals surface area contributed by atoms with Crippen LogP contribution < -0.4 is 9.62 Å². The number of hydrogen-bond acceptors (Lipinski definition) is 4. The van der Waals surface area contributed by atoms with Gasteiger partial charge >= 0.3 is 0 Å². The molecule has 1 N–H and O–H groups in total. The van der Waals surface area contributed by atoms with Crippen molar-refractivity contribution in [2.75, 3.05) is 37.6 Å². The molecule has 1 fully saturated rings. The van der Waals surface area contributed by atoms with E-state index in [1.165, 1.54) is 19.8 Å². The summed E-state index contributed by atoms with van der Waals surface area (Å²) in [5, 5.41) is 0. The first-order valence-electron chi connectivity index (χ1n) is 9.50. The fourth-order valence-corrected chi connectivity index (χ4v) is 5.08. The zero-order valence-electron chi connectivity index (χ0n) is 15.7. The topological polar surface area (TPSA) is 69.7 Å². The first-order valence-corrected chi connectivity index (χ1v) is 11.0. The van der Waals surface area contributed by atoms with Crippen LogP contribution in [0.25, 0.3) is 0 Å². The van der Waals surface area contributed by atoms with Gasteiger partial charge in [-0.15, -0.1) is 0 Å². The van der Waals surface area contributed by atoms with E-state index in [4.69, 9.17) is 0 Å². The van der Waals surface area contributed by atoms with Crippen molar-refractivity contribution in [3.05, 3.63) is 23.8 Å². The van der Waals surface area contributed by atoms with Gasteiger partial charge in [-0.3, -0.25) is 4.79 Å². The SMILES string of the molecule is CC(=O)N1CCc2cc(S(=O)(=O)NCCCN3CCC[C@@H](C)C3)ccc21. The number of hydrogen-bond donors (Lipinski definition) is 1. The van der Waals surface area contributed by atoms with E-state index in [2.05, 4.69) is 16.5 Å². The average Bonchev–Trinajstić information content (AvgIpc) is 3.02. The number of piperidine rings is 1. The molecule has 0 bridgehead atoms. The van der Waals surface area contributed by atoms with E-state index in [-0.39, 0.29) is 10.8 Å². The van der Waals surface area contributed by atoms with Crippen LogP contribution in [0.1, 0.15) is 38.7 Å². The summed E-state index contributed by atoms with van der Waals surface area (Å²) in [6.45, 7) is 8.05. The summed E-state index contributed by atoms with van der Waals surface area (Å²) in [5.41, 5.74) is 1.75. The summed E-state index contributed by atoms with van der Waals surface area (Å²) in [6, 6.07) is 5.04. The first-order chi connectivity index (χ1) is 12.4. The molecular weight excluding hydrogens is 350 g/mol. The maximum atomic E-state index is 12.5. The number of fused-ring (bicyclic) bond motifs is 1. The molecule has 0 saturated carbocycles. The number of amides is 1. The molecule has 1 saturated heterocycles. The standard InChI is InChI=1S/C19H29N3O3S/c1-15-5-3-10-21(14-15)11-4-9-20-26(24,25)18-6-7-19-17(13-18)8-12-22(19)16(2)23/h6-7,13,15,20H,3-5,8-12,14H2,1-2H3/t15-/m1/s1. The summed E-state index contributed by atoms with van der Waals surface area (Å²) in [6.07, 6.45) is 4.04. The molecule has 6 nitrogen and oxygen atoms in total. The van der Waals surface area contributed by atoms with Crippen molar-refractivity contribution in [3.63, 3.8) is 0 Å². The average molecular weight is 380 g/mol. The number of carbonyl (C=O) groups is 1. The second kappa shape index (κ2) is 8.06. The lowest BCUT2D eigenvalue weighted by atomic mass is 10.0.